The highest BCUT2D eigenvalue weighted by atomic mass is 79.9. The van der Waals surface area contributed by atoms with E-state index in [0.717, 1.165) is 29.7 Å². The predicted octanol–water partition coefficient (Wildman–Crippen LogP) is 2.05. The molecule has 17 heavy (non-hydrogen) atoms. The van der Waals surface area contributed by atoms with Crippen LogP contribution in [0, 0.1) is 5.92 Å². The minimum absolute atomic E-state index is 0.174. The number of rotatable bonds is 2. The van der Waals surface area contributed by atoms with E-state index in [-0.39, 0.29) is 5.91 Å². The molecule has 2 aliphatic heterocycles. The Morgan fingerprint density at radius 3 is 2.76 bits per heavy atom. The van der Waals surface area contributed by atoms with E-state index in [2.05, 4.69) is 21.2 Å². The van der Waals surface area contributed by atoms with Gasteiger partial charge in [0.25, 0.3) is 0 Å². The number of hydrogen-bond donors (Lipinski definition) is 1. The van der Waals surface area contributed by atoms with Crippen molar-refractivity contribution in [2.45, 2.75) is 26.3 Å². The summed E-state index contributed by atoms with van der Waals surface area (Å²) in [5.74, 6) is 0.826. The molecule has 0 radical (unpaired) electrons. The van der Waals surface area contributed by atoms with Gasteiger partial charge in [0, 0.05) is 31.2 Å². The Labute approximate surface area is 111 Å². The molecule has 2 fully saturated rings. The SMILES string of the molecule is C/C(Br)=C\C=C(/C)C(=O)N1C[C@H]2CN[C@H](C2)C1. The van der Waals surface area contributed by atoms with Crippen molar-refractivity contribution in [3.05, 3.63) is 22.2 Å². The normalized spacial score (nSPS) is 29.7. The molecular formula is C13H19BrN2O. The first kappa shape index (κ1) is 12.8. The van der Waals surface area contributed by atoms with E-state index in [1.54, 1.807) is 0 Å². The molecule has 0 aromatic heterocycles. The minimum Gasteiger partial charge on any atom is -0.337 e. The Morgan fingerprint density at radius 2 is 2.12 bits per heavy atom. The molecule has 1 N–H and O–H groups in total. The summed E-state index contributed by atoms with van der Waals surface area (Å²) in [6.45, 7) is 6.68. The van der Waals surface area contributed by atoms with E-state index in [9.17, 15) is 4.79 Å². The summed E-state index contributed by atoms with van der Waals surface area (Å²) < 4.78 is 1.03. The number of carbonyl (C=O) groups is 1. The Kier molecular flexibility index (Phi) is 4.05. The van der Waals surface area contributed by atoms with Crippen molar-refractivity contribution in [2.24, 2.45) is 5.92 Å². The number of fused-ring (bicyclic) bond motifs is 2. The lowest BCUT2D eigenvalue weighted by atomic mass is 9.99. The van der Waals surface area contributed by atoms with E-state index in [0.29, 0.717) is 12.0 Å². The first-order chi connectivity index (χ1) is 8.06. The third-order valence-electron chi connectivity index (χ3n) is 3.42. The van der Waals surface area contributed by atoms with Gasteiger partial charge in [-0.25, -0.2) is 0 Å². The van der Waals surface area contributed by atoms with E-state index >= 15 is 0 Å². The lowest BCUT2D eigenvalue weighted by molar-refractivity contribution is -0.128. The molecule has 2 saturated heterocycles. The van der Waals surface area contributed by atoms with Gasteiger partial charge in [-0.3, -0.25) is 4.79 Å². The average molecular weight is 299 g/mol. The number of nitrogens with zero attached hydrogens (tertiary/aromatic N) is 1. The van der Waals surface area contributed by atoms with Gasteiger partial charge >= 0.3 is 0 Å². The van der Waals surface area contributed by atoms with Gasteiger partial charge in [0.1, 0.15) is 0 Å². The zero-order valence-corrected chi connectivity index (χ0v) is 12.0. The highest BCUT2D eigenvalue weighted by Gasteiger charge is 2.34. The van der Waals surface area contributed by atoms with Gasteiger partial charge in [-0.2, -0.15) is 0 Å². The van der Waals surface area contributed by atoms with Crippen molar-refractivity contribution in [1.29, 1.82) is 0 Å². The number of amides is 1. The molecule has 2 bridgehead atoms. The molecule has 2 heterocycles. The first-order valence-corrected chi connectivity index (χ1v) is 6.89. The van der Waals surface area contributed by atoms with E-state index < -0.39 is 0 Å². The van der Waals surface area contributed by atoms with Gasteiger partial charge in [0.15, 0.2) is 0 Å². The van der Waals surface area contributed by atoms with E-state index in [1.165, 1.54) is 6.42 Å². The smallest absolute Gasteiger partial charge is 0.249 e. The molecule has 0 aliphatic carbocycles. The van der Waals surface area contributed by atoms with Crippen LogP contribution in [0.2, 0.25) is 0 Å². The number of nitrogens with one attached hydrogen (secondary N) is 1. The fourth-order valence-corrected chi connectivity index (χ4v) is 2.69. The van der Waals surface area contributed by atoms with Gasteiger partial charge in [0.2, 0.25) is 5.91 Å². The molecule has 0 spiro atoms. The number of halogens is 1. The summed E-state index contributed by atoms with van der Waals surface area (Å²) in [7, 11) is 0. The second-order valence-corrected chi connectivity index (χ2v) is 6.27. The monoisotopic (exact) mass is 298 g/mol. The van der Waals surface area contributed by atoms with Crippen molar-refractivity contribution >= 4 is 21.8 Å². The quantitative estimate of drug-likeness (QED) is 0.625. The minimum atomic E-state index is 0.174. The van der Waals surface area contributed by atoms with Crippen molar-refractivity contribution in [3.63, 3.8) is 0 Å². The van der Waals surface area contributed by atoms with Crippen LogP contribution in [0.4, 0.5) is 0 Å². The highest BCUT2D eigenvalue weighted by molar-refractivity contribution is 9.11. The van der Waals surface area contributed by atoms with Gasteiger partial charge in [-0.15, -0.1) is 0 Å². The average Bonchev–Trinajstić information content (AvgIpc) is 2.64. The molecule has 1 amide bonds. The molecular weight excluding hydrogens is 280 g/mol. The highest BCUT2D eigenvalue weighted by Crippen LogP contribution is 2.23. The van der Waals surface area contributed by atoms with Crippen LogP contribution in [0.25, 0.3) is 0 Å². The fourth-order valence-electron chi connectivity index (χ4n) is 2.56. The summed E-state index contributed by atoms with van der Waals surface area (Å²) >= 11 is 3.36. The number of hydrogen-bond acceptors (Lipinski definition) is 2. The summed E-state index contributed by atoms with van der Waals surface area (Å²) in [5.41, 5.74) is 0.810. The van der Waals surface area contributed by atoms with Gasteiger partial charge in [0.05, 0.1) is 0 Å². The molecule has 3 nitrogen and oxygen atoms in total. The van der Waals surface area contributed by atoms with Crippen LogP contribution < -0.4 is 5.32 Å². The van der Waals surface area contributed by atoms with Gasteiger partial charge in [-0.1, -0.05) is 28.1 Å². The van der Waals surface area contributed by atoms with Crippen LogP contribution in [-0.2, 0) is 4.79 Å². The second kappa shape index (κ2) is 5.36. The summed E-state index contributed by atoms with van der Waals surface area (Å²) in [6.07, 6.45) is 5.04. The Morgan fingerprint density at radius 1 is 1.35 bits per heavy atom. The Balaban J connectivity index is 2.00. The lowest BCUT2D eigenvalue weighted by Gasteiger charge is -2.31. The molecule has 0 aromatic carbocycles. The number of piperidine rings is 1. The molecule has 4 heteroatoms. The molecule has 2 aliphatic rings. The van der Waals surface area contributed by atoms with Crippen LogP contribution in [0.3, 0.4) is 0 Å². The summed E-state index contributed by atoms with van der Waals surface area (Å²) in [5, 5.41) is 3.46. The summed E-state index contributed by atoms with van der Waals surface area (Å²) in [4.78, 5) is 14.2. The Hall–Kier alpha value is -0.610. The molecule has 94 valence electrons. The van der Waals surface area contributed by atoms with Crippen LogP contribution in [0.1, 0.15) is 20.3 Å². The van der Waals surface area contributed by atoms with E-state index in [1.807, 2.05) is 30.9 Å². The first-order valence-electron chi connectivity index (χ1n) is 6.09. The van der Waals surface area contributed by atoms with E-state index in [4.69, 9.17) is 0 Å². The van der Waals surface area contributed by atoms with Crippen molar-refractivity contribution < 1.29 is 4.79 Å². The molecule has 0 aromatic rings. The number of likely N-dealkylation sites (tertiary alicyclic amines) is 1. The van der Waals surface area contributed by atoms with Crippen LogP contribution in [0.15, 0.2) is 22.2 Å². The van der Waals surface area contributed by atoms with Crippen molar-refractivity contribution in [1.82, 2.24) is 10.2 Å². The molecule has 0 saturated carbocycles. The predicted molar refractivity (Wildman–Crippen MR) is 72.9 cm³/mol. The van der Waals surface area contributed by atoms with Crippen LogP contribution >= 0.6 is 15.9 Å². The molecule has 0 unspecified atom stereocenters. The summed E-state index contributed by atoms with van der Waals surface area (Å²) in [6, 6.07) is 0.513. The van der Waals surface area contributed by atoms with Crippen molar-refractivity contribution in [3.8, 4) is 0 Å². The topological polar surface area (TPSA) is 32.3 Å². The molecule has 2 rings (SSSR count). The van der Waals surface area contributed by atoms with Gasteiger partial charge < -0.3 is 10.2 Å². The zero-order chi connectivity index (χ0) is 12.4. The fraction of sp³-hybridized carbons (Fsp3) is 0.615. The van der Waals surface area contributed by atoms with Crippen molar-refractivity contribution in [2.75, 3.05) is 19.6 Å². The second-order valence-electron chi connectivity index (χ2n) is 5.02. The maximum Gasteiger partial charge on any atom is 0.249 e. The lowest BCUT2D eigenvalue weighted by Crippen LogP contribution is -2.44. The number of allylic oxidation sites excluding steroid dienone is 3. The standard InChI is InChI=1S/C13H19BrN2O/c1-9(3-4-10(2)14)13(17)16-7-11-5-12(8-16)15-6-11/h3-4,11-12,15H,5-8H2,1-2H3/b9-3+,10-4+/t11-,12-/m1/s1. The van der Waals surface area contributed by atoms with Crippen LogP contribution in [0.5, 0.6) is 0 Å². The Bertz CT molecular complexity index is 360. The maximum atomic E-state index is 12.2. The van der Waals surface area contributed by atoms with Gasteiger partial charge in [-0.05, 0) is 30.7 Å². The largest absolute Gasteiger partial charge is 0.337 e. The van der Waals surface area contributed by atoms with Crippen LogP contribution in [-0.4, -0.2) is 36.5 Å². The third-order valence-corrected chi connectivity index (χ3v) is 3.68. The maximum absolute atomic E-state index is 12.2. The third kappa shape index (κ3) is 3.19. The number of carbonyl (C=O) groups excluding carboxylic acids is 1. The zero-order valence-electron chi connectivity index (χ0n) is 10.4. The molecule has 2 atom stereocenters.